The smallest absolute Gasteiger partial charge is 0.250 e. The molecule has 0 unspecified atom stereocenters. The van der Waals surface area contributed by atoms with Crippen molar-refractivity contribution in [3.8, 4) is 11.5 Å². The lowest BCUT2D eigenvalue weighted by Crippen LogP contribution is -2.43. The number of nitrogen functional groups attached to an aromatic ring is 1. The first-order valence-corrected chi connectivity index (χ1v) is 8.81. The molecule has 0 aromatic heterocycles. The largest absolute Gasteiger partial charge is 0.541 e. The van der Waals surface area contributed by atoms with E-state index in [0.717, 1.165) is 0 Å². The van der Waals surface area contributed by atoms with Crippen LogP contribution in [-0.2, 0) is 0 Å². The fourth-order valence-corrected chi connectivity index (χ4v) is 2.23. The van der Waals surface area contributed by atoms with Gasteiger partial charge in [-0.2, -0.15) is 0 Å². The molecule has 0 fully saturated rings. The van der Waals surface area contributed by atoms with Crippen LogP contribution in [0.15, 0.2) is 12.1 Å². The summed E-state index contributed by atoms with van der Waals surface area (Å²) in [5, 5.41) is 0.0567. The molecule has 0 aliphatic carbocycles. The van der Waals surface area contributed by atoms with Crippen molar-refractivity contribution >= 4 is 14.0 Å². The standard InChI is InChI=1S/C13H22FNO2Si/c1-13(2,3)18(5,6)17-12-8-10(15)9(14)7-11(12)16-4/h7-8H,15H2,1-6H3. The maximum absolute atomic E-state index is 13.4. The second kappa shape index (κ2) is 4.80. The summed E-state index contributed by atoms with van der Waals surface area (Å²) >= 11 is 0. The Bertz CT molecular complexity index is 441. The van der Waals surface area contributed by atoms with Gasteiger partial charge in [0.2, 0.25) is 0 Å². The van der Waals surface area contributed by atoms with E-state index in [-0.39, 0.29) is 10.7 Å². The number of rotatable bonds is 3. The Labute approximate surface area is 109 Å². The van der Waals surface area contributed by atoms with Crippen molar-refractivity contribution in [1.29, 1.82) is 0 Å². The van der Waals surface area contributed by atoms with E-state index in [9.17, 15) is 4.39 Å². The Morgan fingerprint density at radius 1 is 1.17 bits per heavy atom. The van der Waals surface area contributed by atoms with Crippen molar-refractivity contribution < 1.29 is 13.6 Å². The minimum atomic E-state index is -1.99. The quantitative estimate of drug-likeness (QED) is 0.671. The van der Waals surface area contributed by atoms with E-state index in [1.165, 1.54) is 19.2 Å². The van der Waals surface area contributed by atoms with Crippen LogP contribution in [0.5, 0.6) is 11.5 Å². The summed E-state index contributed by atoms with van der Waals surface area (Å²) in [4.78, 5) is 0. The predicted octanol–water partition coefficient (Wildman–Crippen LogP) is 3.80. The maximum atomic E-state index is 13.4. The van der Waals surface area contributed by atoms with Crippen molar-refractivity contribution in [3.63, 3.8) is 0 Å². The first-order chi connectivity index (χ1) is 8.08. The lowest BCUT2D eigenvalue weighted by Gasteiger charge is -2.36. The van der Waals surface area contributed by atoms with E-state index in [4.69, 9.17) is 14.9 Å². The van der Waals surface area contributed by atoms with Gasteiger partial charge in [0.05, 0.1) is 12.8 Å². The third-order valence-corrected chi connectivity index (χ3v) is 7.80. The van der Waals surface area contributed by atoms with Crippen LogP contribution in [0.4, 0.5) is 10.1 Å². The number of ether oxygens (including phenoxy) is 1. The maximum Gasteiger partial charge on any atom is 0.250 e. The summed E-state index contributed by atoms with van der Waals surface area (Å²) < 4.78 is 24.6. The van der Waals surface area contributed by atoms with Gasteiger partial charge in [0.25, 0.3) is 8.32 Å². The molecule has 0 saturated carbocycles. The summed E-state index contributed by atoms with van der Waals surface area (Å²) in [5.41, 5.74) is 5.65. The fourth-order valence-electron chi connectivity index (χ4n) is 1.22. The lowest BCUT2D eigenvalue weighted by atomic mass is 10.2. The first kappa shape index (κ1) is 14.8. The lowest BCUT2D eigenvalue weighted by molar-refractivity contribution is 0.383. The minimum absolute atomic E-state index is 0.0567. The van der Waals surface area contributed by atoms with Gasteiger partial charge in [-0.1, -0.05) is 20.8 Å². The summed E-state index contributed by atoms with van der Waals surface area (Å²) in [5.74, 6) is 0.406. The van der Waals surface area contributed by atoms with E-state index >= 15 is 0 Å². The van der Waals surface area contributed by atoms with Gasteiger partial charge < -0.3 is 14.9 Å². The Morgan fingerprint density at radius 3 is 2.17 bits per heavy atom. The molecule has 0 bridgehead atoms. The zero-order chi connectivity index (χ0) is 14.1. The molecule has 1 aromatic carbocycles. The highest BCUT2D eigenvalue weighted by atomic mass is 28.4. The van der Waals surface area contributed by atoms with E-state index in [2.05, 4.69) is 33.9 Å². The van der Waals surface area contributed by atoms with Crippen molar-refractivity contribution in [2.45, 2.75) is 38.9 Å². The summed E-state index contributed by atoms with van der Waals surface area (Å²) in [6, 6.07) is 2.76. The van der Waals surface area contributed by atoms with Gasteiger partial charge in [-0.25, -0.2) is 4.39 Å². The molecule has 5 heteroatoms. The van der Waals surface area contributed by atoms with Gasteiger partial charge in [-0.15, -0.1) is 0 Å². The van der Waals surface area contributed by atoms with Crippen LogP contribution in [0.1, 0.15) is 20.8 Å². The molecule has 18 heavy (non-hydrogen) atoms. The Hall–Kier alpha value is -1.23. The van der Waals surface area contributed by atoms with Gasteiger partial charge in [-0.05, 0) is 18.1 Å². The molecule has 0 amide bonds. The Balaban J connectivity index is 3.15. The second-order valence-electron chi connectivity index (χ2n) is 5.89. The Kier molecular flexibility index (Phi) is 3.95. The molecule has 1 aromatic rings. The van der Waals surface area contributed by atoms with Crippen LogP contribution in [0.2, 0.25) is 18.1 Å². The highest BCUT2D eigenvalue weighted by molar-refractivity contribution is 6.74. The zero-order valence-corrected chi connectivity index (χ0v) is 12.9. The third-order valence-electron chi connectivity index (χ3n) is 3.45. The van der Waals surface area contributed by atoms with E-state index < -0.39 is 14.1 Å². The van der Waals surface area contributed by atoms with Crippen molar-refractivity contribution in [3.05, 3.63) is 17.9 Å². The topological polar surface area (TPSA) is 44.5 Å². The van der Waals surface area contributed by atoms with Gasteiger partial charge in [-0.3, -0.25) is 0 Å². The van der Waals surface area contributed by atoms with E-state index in [1.54, 1.807) is 0 Å². The highest BCUT2D eigenvalue weighted by Gasteiger charge is 2.39. The van der Waals surface area contributed by atoms with Crippen molar-refractivity contribution in [2.24, 2.45) is 0 Å². The SMILES string of the molecule is COc1cc(F)c(N)cc1O[Si](C)(C)C(C)(C)C. The predicted molar refractivity (Wildman–Crippen MR) is 75.2 cm³/mol. The fraction of sp³-hybridized carbons (Fsp3) is 0.538. The van der Waals surface area contributed by atoms with Crippen LogP contribution in [0.25, 0.3) is 0 Å². The molecule has 0 aliphatic heterocycles. The molecular weight excluding hydrogens is 249 g/mol. The molecule has 0 radical (unpaired) electrons. The number of benzene rings is 1. The number of hydrogen-bond acceptors (Lipinski definition) is 3. The average Bonchev–Trinajstić information content (AvgIpc) is 2.21. The molecule has 0 saturated heterocycles. The van der Waals surface area contributed by atoms with Gasteiger partial charge in [0.1, 0.15) is 11.6 Å². The molecule has 1 rings (SSSR count). The first-order valence-electron chi connectivity index (χ1n) is 5.90. The molecule has 0 spiro atoms. The van der Waals surface area contributed by atoms with Gasteiger partial charge in [0, 0.05) is 12.1 Å². The molecule has 102 valence electrons. The number of halogens is 1. The van der Waals surface area contributed by atoms with Gasteiger partial charge >= 0.3 is 0 Å². The highest BCUT2D eigenvalue weighted by Crippen LogP contribution is 2.41. The summed E-state index contributed by atoms with van der Waals surface area (Å²) in [7, 11) is -0.502. The monoisotopic (exact) mass is 271 g/mol. The molecule has 2 N–H and O–H groups in total. The second-order valence-corrected chi connectivity index (χ2v) is 10.6. The normalized spacial score (nSPS) is 12.4. The Morgan fingerprint density at radius 2 is 1.72 bits per heavy atom. The van der Waals surface area contributed by atoms with Gasteiger partial charge in [0.15, 0.2) is 5.75 Å². The number of anilines is 1. The van der Waals surface area contributed by atoms with Crippen LogP contribution in [0.3, 0.4) is 0 Å². The zero-order valence-electron chi connectivity index (χ0n) is 11.9. The minimum Gasteiger partial charge on any atom is -0.541 e. The molecule has 0 atom stereocenters. The molecule has 0 aliphatic rings. The summed E-state index contributed by atoms with van der Waals surface area (Å²) in [6.07, 6.45) is 0. The number of methoxy groups -OCH3 is 1. The van der Waals surface area contributed by atoms with Crippen LogP contribution >= 0.6 is 0 Å². The molecule has 0 heterocycles. The molecule has 3 nitrogen and oxygen atoms in total. The summed E-state index contributed by atoms with van der Waals surface area (Å²) in [6.45, 7) is 10.6. The van der Waals surface area contributed by atoms with Crippen LogP contribution in [-0.4, -0.2) is 15.4 Å². The van der Waals surface area contributed by atoms with E-state index in [1.807, 2.05) is 0 Å². The number of hydrogen-bond donors (Lipinski definition) is 1. The third kappa shape index (κ3) is 2.96. The van der Waals surface area contributed by atoms with Crippen LogP contribution in [0, 0.1) is 5.82 Å². The van der Waals surface area contributed by atoms with Crippen molar-refractivity contribution in [2.75, 3.05) is 12.8 Å². The average molecular weight is 271 g/mol. The van der Waals surface area contributed by atoms with Crippen LogP contribution < -0.4 is 14.9 Å². The van der Waals surface area contributed by atoms with Crippen molar-refractivity contribution in [1.82, 2.24) is 0 Å². The molecular formula is C13H22FNO2Si. The number of nitrogens with two attached hydrogens (primary N) is 1. The van der Waals surface area contributed by atoms with E-state index in [0.29, 0.717) is 11.5 Å².